The Morgan fingerprint density at radius 2 is 1.97 bits per heavy atom. The Morgan fingerprint density at radius 3 is 2.59 bits per heavy atom. The maximum Gasteiger partial charge on any atom is 0.337 e. The number of carbonyl (C=O) groups is 1. The molecule has 0 amide bonds. The van der Waals surface area contributed by atoms with Crippen LogP contribution in [0.1, 0.15) is 56.2 Å². The summed E-state index contributed by atoms with van der Waals surface area (Å²) in [5.74, 6) is 0.310. The number of hydrogen-bond acceptors (Lipinski definition) is 4. The first-order valence-corrected chi connectivity index (χ1v) is 12.4. The lowest BCUT2D eigenvalue weighted by Crippen LogP contribution is -2.27. The minimum atomic E-state index is -3.92. The van der Waals surface area contributed by atoms with Gasteiger partial charge in [-0.2, -0.15) is 0 Å². The van der Waals surface area contributed by atoms with E-state index in [-0.39, 0.29) is 15.9 Å². The molecule has 0 bridgehead atoms. The lowest BCUT2D eigenvalue weighted by molar-refractivity contribution is -0.0811. The summed E-state index contributed by atoms with van der Waals surface area (Å²) in [6.45, 7) is 9.07. The predicted molar refractivity (Wildman–Crippen MR) is 122 cm³/mol. The van der Waals surface area contributed by atoms with Crippen LogP contribution in [0.4, 0.5) is 0 Å². The van der Waals surface area contributed by atoms with E-state index in [2.05, 4.69) is 30.1 Å². The highest BCUT2D eigenvalue weighted by Gasteiger charge is 2.29. The van der Waals surface area contributed by atoms with Crippen molar-refractivity contribution in [1.29, 1.82) is 0 Å². The summed E-state index contributed by atoms with van der Waals surface area (Å²) in [5.41, 5.74) is 1.31. The lowest BCUT2D eigenvalue weighted by Gasteiger charge is -2.27. The van der Waals surface area contributed by atoms with Gasteiger partial charge in [0, 0.05) is 37.2 Å². The molecule has 2 N–H and O–H groups in total. The summed E-state index contributed by atoms with van der Waals surface area (Å²) < 4.78 is 33.9. The molecule has 4 rings (SSSR count). The molecule has 32 heavy (non-hydrogen) atoms. The van der Waals surface area contributed by atoms with E-state index in [4.69, 9.17) is 10.1 Å². The van der Waals surface area contributed by atoms with Gasteiger partial charge in [-0.1, -0.05) is 20.8 Å². The Bertz CT molecular complexity index is 1250. The molecule has 0 saturated carbocycles. The Morgan fingerprint density at radius 1 is 1.25 bits per heavy atom. The van der Waals surface area contributed by atoms with Gasteiger partial charge >= 0.3 is 5.97 Å². The molecule has 1 aliphatic rings. The van der Waals surface area contributed by atoms with Gasteiger partial charge in [-0.15, -0.1) is 0 Å². The molecule has 2 aromatic heterocycles. The van der Waals surface area contributed by atoms with Crippen LogP contribution in [0, 0.1) is 5.92 Å². The van der Waals surface area contributed by atoms with E-state index < -0.39 is 16.0 Å². The number of aliphatic hydroxyl groups is 2. The molecule has 0 spiro atoms. The third kappa shape index (κ3) is 4.06. The second-order valence-electron chi connectivity index (χ2n) is 9.09. The fraction of sp³-hybridized carbons (Fsp3) is 0.478. The number of hydrogen-bond donors (Lipinski definition) is 1. The molecular formula is C23H30N3O5S+. The van der Waals surface area contributed by atoms with Crippen molar-refractivity contribution < 1.29 is 23.1 Å². The molecule has 3 heterocycles. The second-order valence-corrected chi connectivity index (χ2v) is 10.9. The van der Waals surface area contributed by atoms with Crippen molar-refractivity contribution in [2.45, 2.75) is 56.9 Å². The first kappa shape index (κ1) is 22.5. The zero-order valence-corrected chi connectivity index (χ0v) is 19.5. The molecule has 1 saturated heterocycles. The number of carboxylic acids is 1. The largest absolute Gasteiger partial charge is 0.478 e. The quantitative estimate of drug-likeness (QED) is 0.544. The summed E-state index contributed by atoms with van der Waals surface area (Å²) in [5, 5.41) is 9.12. The van der Waals surface area contributed by atoms with E-state index in [1.165, 1.54) is 12.3 Å². The van der Waals surface area contributed by atoms with Gasteiger partial charge in [-0.25, -0.2) is 22.2 Å². The van der Waals surface area contributed by atoms with E-state index in [9.17, 15) is 13.2 Å². The summed E-state index contributed by atoms with van der Waals surface area (Å²) in [4.78, 5) is 16.1. The van der Waals surface area contributed by atoms with E-state index in [1.807, 2.05) is 6.07 Å². The van der Waals surface area contributed by atoms with E-state index >= 15 is 0 Å². The Balaban J connectivity index is 1.79. The van der Waals surface area contributed by atoms with E-state index in [0.717, 1.165) is 60.5 Å². The van der Waals surface area contributed by atoms with Gasteiger partial charge in [-0.05, 0) is 36.6 Å². The van der Waals surface area contributed by atoms with Gasteiger partial charge in [0.1, 0.15) is 19.0 Å². The Labute approximate surface area is 187 Å². The van der Waals surface area contributed by atoms with E-state index in [0.29, 0.717) is 11.4 Å². The third-order valence-corrected chi connectivity index (χ3v) is 8.16. The monoisotopic (exact) mass is 460 g/mol. The van der Waals surface area contributed by atoms with Crippen molar-refractivity contribution in [2.24, 2.45) is 5.92 Å². The van der Waals surface area contributed by atoms with Crippen LogP contribution in [0.2, 0.25) is 0 Å². The van der Waals surface area contributed by atoms with Crippen LogP contribution in [-0.2, 0) is 22.0 Å². The molecule has 0 radical (unpaired) electrons. The SMILES string of the molecule is CCC(C)(C)c1nc2cc(S(=O)(=O)n3ccc(C(=O)O)c3)ccc2n1CC1CC[OH+]CC1. The average molecular weight is 461 g/mol. The number of ether oxygens (including phenoxy) is 1. The van der Waals surface area contributed by atoms with Gasteiger partial charge in [-0.3, -0.25) is 0 Å². The first-order valence-electron chi connectivity index (χ1n) is 10.9. The zero-order valence-electron chi connectivity index (χ0n) is 18.7. The van der Waals surface area contributed by atoms with Crippen LogP contribution in [0.3, 0.4) is 0 Å². The lowest BCUT2D eigenvalue weighted by atomic mass is 9.89. The molecule has 1 fully saturated rings. The molecule has 172 valence electrons. The van der Waals surface area contributed by atoms with Crippen LogP contribution >= 0.6 is 0 Å². The van der Waals surface area contributed by atoms with E-state index in [1.54, 1.807) is 12.1 Å². The third-order valence-electron chi connectivity index (χ3n) is 6.53. The molecule has 9 heteroatoms. The number of rotatable bonds is 7. The number of carboxylic acid groups (broad SMARTS) is 1. The van der Waals surface area contributed by atoms with Crippen molar-refractivity contribution in [1.82, 2.24) is 13.5 Å². The number of aromatic carboxylic acids is 1. The molecule has 8 nitrogen and oxygen atoms in total. The maximum absolute atomic E-state index is 13.1. The number of imidazole rings is 1. The van der Waals surface area contributed by atoms with Crippen LogP contribution in [0.25, 0.3) is 11.0 Å². The van der Waals surface area contributed by atoms with Crippen molar-refractivity contribution in [3.05, 3.63) is 48.0 Å². The summed E-state index contributed by atoms with van der Waals surface area (Å²) in [6.07, 6.45) is 5.37. The van der Waals surface area contributed by atoms with Crippen molar-refractivity contribution in [3.8, 4) is 0 Å². The normalized spacial score (nSPS) is 16.0. The zero-order chi connectivity index (χ0) is 23.1. The fourth-order valence-corrected chi connectivity index (χ4v) is 5.37. The number of fused-ring (bicyclic) bond motifs is 1. The summed E-state index contributed by atoms with van der Waals surface area (Å²) >= 11 is 0. The first-order chi connectivity index (χ1) is 15.1. The van der Waals surface area contributed by atoms with Gasteiger partial charge in [0.15, 0.2) is 0 Å². The average Bonchev–Trinajstić information content (AvgIpc) is 3.41. The molecule has 0 atom stereocenters. The van der Waals surface area contributed by atoms with Crippen molar-refractivity contribution >= 4 is 27.0 Å². The van der Waals surface area contributed by atoms with Gasteiger partial charge in [0.05, 0.1) is 21.5 Å². The van der Waals surface area contributed by atoms with Crippen LogP contribution in [-0.4, -0.2) is 51.0 Å². The van der Waals surface area contributed by atoms with Gasteiger partial charge < -0.3 is 14.4 Å². The highest BCUT2D eigenvalue weighted by atomic mass is 32.2. The molecule has 3 aromatic rings. The highest BCUT2D eigenvalue weighted by molar-refractivity contribution is 7.90. The van der Waals surface area contributed by atoms with Gasteiger partial charge in [0.2, 0.25) is 0 Å². The number of benzene rings is 1. The Hall–Kier alpha value is -2.65. The van der Waals surface area contributed by atoms with Crippen LogP contribution < -0.4 is 0 Å². The van der Waals surface area contributed by atoms with Crippen LogP contribution in [0.5, 0.6) is 0 Å². The molecule has 1 aromatic carbocycles. The van der Waals surface area contributed by atoms with Crippen molar-refractivity contribution in [3.63, 3.8) is 0 Å². The smallest absolute Gasteiger partial charge is 0.337 e. The maximum atomic E-state index is 13.1. The standard InChI is InChI=1S/C23H29N3O5S/c1-4-23(2,3)22-24-19-13-18(32(29,30)25-10-7-17(15-25)21(27)28)5-6-20(19)26(22)14-16-8-11-31-12-9-16/h5-7,10,13,15-16H,4,8-9,11-12,14H2,1-3H3,(H,27,28)/p+1. The summed E-state index contributed by atoms with van der Waals surface area (Å²) in [6, 6.07) is 6.26. The van der Waals surface area contributed by atoms with Gasteiger partial charge in [0.25, 0.3) is 10.0 Å². The Kier molecular flexibility index (Phi) is 5.89. The molecular weight excluding hydrogens is 430 g/mol. The number of aromatic nitrogens is 3. The minimum Gasteiger partial charge on any atom is -0.478 e. The van der Waals surface area contributed by atoms with Crippen molar-refractivity contribution in [2.75, 3.05) is 13.2 Å². The number of nitrogens with zero attached hydrogens (tertiary/aromatic N) is 3. The topological polar surface area (TPSA) is 107 Å². The predicted octanol–water partition coefficient (Wildman–Crippen LogP) is 3.40. The second kappa shape index (κ2) is 8.37. The molecule has 0 unspecified atom stereocenters. The summed E-state index contributed by atoms with van der Waals surface area (Å²) in [7, 11) is -3.92. The fourth-order valence-electron chi connectivity index (χ4n) is 4.15. The molecule has 0 aliphatic carbocycles. The minimum absolute atomic E-state index is 0.0786. The highest BCUT2D eigenvalue weighted by Crippen LogP contribution is 2.32. The molecule has 1 aliphatic heterocycles. The van der Waals surface area contributed by atoms with Crippen LogP contribution in [0.15, 0.2) is 41.6 Å².